The monoisotopic (exact) mass is 342 g/mol. The highest BCUT2D eigenvalue weighted by molar-refractivity contribution is 6.30. The van der Waals surface area contributed by atoms with E-state index in [0.717, 1.165) is 34.2 Å². The number of aryl methyl sites for hydroxylation is 1. The smallest absolute Gasteiger partial charge is 0.268 e. The van der Waals surface area contributed by atoms with Crippen molar-refractivity contribution in [1.29, 1.82) is 0 Å². The Labute approximate surface area is 145 Å². The molecule has 124 valence electrons. The molecule has 0 aliphatic heterocycles. The van der Waals surface area contributed by atoms with Crippen LogP contribution >= 0.6 is 11.6 Å². The molecule has 0 unspecified atom stereocenters. The van der Waals surface area contributed by atoms with Crippen molar-refractivity contribution in [2.75, 3.05) is 13.7 Å². The van der Waals surface area contributed by atoms with Crippen LogP contribution in [0.15, 0.2) is 42.5 Å². The zero-order valence-corrected chi connectivity index (χ0v) is 14.4. The van der Waals surface area contributed by atoms with Crippen LogP contribution in [0.4, 0.5) is 0 Å². The largest absolute Gasteiger partial charge is 0.497 e. The van der Waals surface area contributed by atoms with Crippen LogP contribution < -0.4 is 10.1 Å². The Morgan fingerprint density at radius 1 is 1.25 bits per heavy atom. The number of aromatic nitrogens is 1. The van der Waals surface area contributed by atoms with Crippen LogP contribution in [-0.2, 0) is 6.42 Å². The van der Waals surface area contributed by atoms with E-state index in [1.54, 1.807) is 7.11 Å². The molecule has 3 aromatic rings. The molecule has 0 saturated carbocycles. The lowest BCUT2D eigenvalue weighted by Crippen LogP contribution is -2.26. The highest BCUT2D eigenvalue weighted by atomic mass is 35.5. The molecule has 0 radical (unpaired) electrons. The Morgan fingerprint density at radius 3 is 2.83 bits per heavy atom. The van der Waals surface area contributed by atoms with E-state index in [1.807, 2.05) is 49.4 Å². The fraction of sp³-hybridized carbons (Fsp3) is 0.211. The van der Waals surface area contributed by atoms with Crippen LogP contribution in [-0.4, -0.2) is 24.5 Å². The molecule has 1 amide bonds. The van der Waals surface area contributed by atoms with E-state index in [4.69, 9.17) is 16.3 Å². The van der Waals surface area contributed by atoms with Gasteiger partial charge in [0.1, 0.15) is 11.4 Å². The van der Waals surface area contributed by atoms with Gasteiger partial charge in [-0.3, -0.25) is 4.79 Å². The minimum absolute atomic E-state index is 0.107. The molecule has 1 aromatic heterocycles. The Balaban J connectivity index is 1.70. The average Bonchev–Trinajstić information content (AvgIpc) is 2.91. The number of carbonyl (C=O) groups excluding carboxylic acids is 1. The van der Waals surface area contributed by atoms with E-state index >= 15 is 0 Å². The van der Waals surface area contributed by atoms with Gasteiger partial charge in [-0.2, -0.15) is 0 Å². The van der Waals surface area contributed by atoms with E-state index in [9.17, 15) is 4.79 Å². The number of halogens is 1. The molecule has 0 saturated heterocycles. The van der Waals surface area contributed by atoms with E-state index in [-0.39, 0.29) is 5.91 Å². The number of carbonyl (C=O) groups is 1. The maximum atomic E-state index is 12.4. The maximum absolute atomic E-state index is 12.4. The van der Waals surface area contributed by atoms with E-state index < -0.39 is 0 Å². The topological polar surface area (TPSA) is 54.1 Å². The predicted octanol–water partition coefficient (Wildman–Crippen LogP) is 4.11. The lowest BCUT2D eigenvalue weighted by Gasteiger charge is -2.05. The summed E-state index contributed by atoms with van der Waals surface area (Å²) < 4.78 is 5.22. The van der Waals surface area contributed by atoms with Gasteiger partial charge >= 0.3 is 0 Å². The number of nitrogens with one attached hydrogen (secondary N) is 2. The Hall–Kier alpha value is -2.46. The second kappa shape index (κ2) is 6.97. The van der Waals surface area contributed by atoms with Gasteiger partial charge in [-0.1, -0.05) is 23.7 Å². The molecule has 0 bridgehead atoms. The van der Waals surface area contributed by atoms with E-state index in [2.05, 4.69) is 10.3 Å². The van der Waals surface area contributed by atoms with Gasteiger partial charge in [-0.05, 0) is 48.7 Å². The number of hydrogen-bond acceptors (Lipinski definition) is 2. The number of rotatable bonds is 5. The molecule has 0 aliphatic carbocycles. The molecule has 0 aliphatic rings. The molecule has 1 heterocycles. The van der Waals surface area contributed by atoms with Crippen LogP contribution in [0.3, 0.4) is 0 Å². The van der Waals surface area contributed by atoms with Gasteiger partial charge in [-0.15, -0.1) is 0 Å². The van der Waals surface area contributed by atoms with E-state index in [0.29, 0.717) is 17.3 Å². The standard InChI is InChI=1S/C19H19ClN2O2/c1-12-16-7-6-15(24-2)11-17(16)22-18(12)19(23)21-9-8-13-4-3-5-14(20)10-13/h3-7,10-11,22H,8-9H2,1-2H3,(H,21,23). The first-order valence-electron chi connectivity index (χ1n) is 7.77. The summed E-state index contributed by atoms with van der Waals surface area (Å²) in [6, 6.07) is 13.4. The molecule has 0 atom stereocenters. The maximum Gasteiger partial charge on any atom is 0.268 e. The summed E-state index contributed by atoms with van der Waals surface area (Å²) in [6.45, 7) is 2.49. The molecule has 0 spiro atoms. The van der Waals surface area contributed by atoms with Crippen molar-refractivity contribution >= 4 is 28.4 Å². The summed E-state index contributed by atoms with van der Waals surface area (Å²) in [5.41, 5.74) is 3.52. The highest BCUT2D eigenvalue weighted by Crippen LogP contribution is 2.25. The first kappa shape index (κ1) is 16.4. The number of methoxy groups -OCH3 is 1. The van der Waals surface area contributed by atoms with Crippen molar-refractivity contribution in [1.82, 2.24) is 10.3 Å². The number of amides is 1. The summed E-state index contributed by atoms with van der Waals surface area (Å²) in [7, 11) is 1.63. The number of H-pyrrole nitrogens is 1. The summed E-state index contributed by atoms with van der Waals surface area (Å²) in [6.07, 6.45) is 0.736. The van der Waals surface area contributed by atoms with Crippen molar-refractivity contribution in [3.05, 3.63) is 64.3 Å². The van der Waals surface area contributed by atoms with Gasteiger partial charge in [0, 0.05) is 28.5 Å². The minimum Gasteiger partial charge on any atom is -0.497 e. The van der Waals surface area contributed by atoms with Gasteiger partial charge in [0.15, 0.2) is 0 Å². The van der Waals surface area contributed by atoms with Crippen LogP contribution in [0.25, 0.3) is 10.9 Å². The quantitative estimate of drug-likeness (QED) is 0.733. The third kappa shape index (κ3) is 3.39. The molecule has 2 aromatic carbocycles. The molecule has 0 fully saturated rings. The van der Waals surface area contributed by atoms with Gasteiger partial charge in [0.05, 0.1) is 7.11 Å². The van der Waals surface area contributed by atoms with Crippen LogP contribution in [0, 0.1) is 6.92 Å². The Morgan fingerprint density at radius 2 is 2.08 bits per heavy atom. The molecule has 24 heavy (non-hydrogen) atoms. The zero-order chi connectivity index (χ0) is 17.1. The lowest BCUT2D eigenvalue weighted by molar-refractivity contribution is 0.0949. The van der Waals surface area contributed by atoms with E-state index in [1.165, 1.54) is 0 Å². The van der Waals surface area contributed by atoms with Crippen molar-refractivity contribution in [3.8, 4) is 5.75 Å². The fourth-order valence-corrected chi connectivity index (χ4v) is 2.99. The molecule has 3 rings (SSSR count). The van der Waals surface area contributed by atoms with Gasteiger partial charge < -0.3 is 15.0 Å². The predicted molar refractivity (Wildman–Crippen MR) is 97.1 cm³/mol. The fourth-order valence-electron chi connectivity index (χ4n) is 2.77. The van der Waals surface area contributed by atoms with Crippen LogP contribution in [0.2, 0.25) is 5.02 Å². The number of benzene rings is 2. The normalized spacial score (nSPS) is 10.8. The second-order valence-corrected chi connectivity index (χ2v) is 6.11. The average molecular weight is 343 g/mol. The van der Waals surface area contributed by atoms with Gasteiger partial charge in [0.25, 0.3) is 5.91 Å². The second-order valence-electron chi connectivity index (χ2n) is 5.67. The summed E-state index contributed by atoms with van der Waals surface area (Å²) in [5, 5.41) is 4.68. The summed E-state index contributed by atoms with van der Waals surface area (Å²) in [5.74, 6) is 0.654. The molecular formula is C19H19ClN2O2. The van der Waals surface area contributed by atoms with Gasteiger partial charge in [0.2, 0.25) is 0 Å². The summed E-state index contributed by atoms with van der Waals surface area (Å²) in [4.78, 5) is 15.6. The van der Waals surface area contributed by atoms with Crippen molar-refractivity contribution < 1.29 is 9.53 Å². The Bertz CT molecular complexity index is 886. The number of aromatic amines is 1. The van der Waals surface area contributed by atoms with Gasteiger partial charge in [-0.25, -0.2) is 0 Å². The van der Waals surface area contributed by atoms with Crippen molar-refractivity contribution in [3.63, 3.8) is 0 Å². The third-order valence-corrected chi connectivity index (χ3v) is 4.32. The van der Waals surface area contributed by atoms with Crippen LogP contribution in [0.1, 0.15) is 21.6 Å². The zero-order valence-electron chi connectivity index (χ0n) is 13.7. The number of ether oxygens (including phenoxy) is 1. The minimum atomic E-state index is -0.107. The summed E-state index contributed by atoms with van der Waals surface area (Å²) >= 11 is 5.97. The number of hydrogen-bond donors (Lipinski definition) is 2. The molecule has 4 nitrogen and oxygen atoms in total. The SMILES string of the molecule is COc1ccc2c(C)c(C(=O)NCCc3cccc(Cl)c3)[nH]c2c1. The molecule has 5 heteroatoms. The van der Waals surface area contributed by atoms with Crippen LogP contribution in [0.5, 0.6) is 5.75 Å². The molecule has 2 N–H and O–H groups in total. The van der Waals surface area contributed by atoms with Crippen molar-refractivity contribution in [2.45, 2.75) is 13.3 Å². The first-order chi connectivity index (χ1) is 11.6. The molecular weight excluding hydrogens is 324 g/mol. The van der Waals surface area contributed by atoms with Crippen molar-refractivity contribution in [2.24, 2.45) is 0 Å². The number of fused-ring (bicyclic) bond motifs is 1. The lowest BCUT2D eigenvalue weighted by atomic mass is 10.1. The third-order valence-electron chi connectivity index (χ3n) is 4.08. The first-order valence-corrected chi connectivity index (χ1v) is 8.15. The highest BCUT2D eigenvalue weighted by Gasteiger charge is 2.14. The Kier molecular flexibility index (Phi) is 4.76.